The third kappa shape index (κ3) is 5.91. The van der Waals surface area contributed by atoms with Crippen molar-refractivity contribution in [3.8, 4) is 5.69 Å². The van der Waals surface area contributed by atoms with Gasteiger partial charge in [-0.05, 0) is 81.3 Å². The van der Waals surface area contributed by atoms with Crippen molar-refractivity contribution in [1.82, 2.24) is 24.7 Å². The molecule has 0 spiro atoms. The number of halogens is 1. The molecule has 3 aliphatic rings. The van der Waals surface area contributed by atoms with Gasteiger partial charge in [-0.2, -0.15) is 4.98 Å². The number of hydrogen-bond acceptors (Lipinski definition) is 6. The predicted octanol–water partition coefficient (Wildman–Crippen LogP) is 2.15. The lowest BCUT2D eigenvalue weighted by molar-refractivity contribution is 0.122. The molecule has 1 aromatic carbocycles. The lowest BCUT2D eigenvalue weighted by Gasteiger charge is -2.40. The third-order valence-electron chi connectivity index (χ3n) is 8.01. The highest BCUT2D eigenvalue weighted by atomic mass is 35.5. The number of nitrogens with zero attached hydrogens (tertiary/aromatic N) is 4. The van der Waals surface area contributed by atoms with Gasteiger partial charge in [0.15, 0.2) is 0 Å². The molecular weight excluding hydrogens is 478 g/mol. The fraction of sp³-hybridized carbons (Fsp3) is 0.577. The first-order valence-electron chi connectivity index (χ1n) is 12.9. The van der Waals surface area contributed by atoms with Gasteiger partial charge in [-0.15, -0.1) is 12.4 Å². The smallest absolute Gasteiger partial charge is 0.328 e. The second-order valence-electron chi connectivity index (χ2n) is 10.2. The lowest BCUT2D eigenvalue weighted by atomic mass is 9.84. The van der Waals surface area contributed by atoms with E-state index in [0.29, 0.717) is 31.2 Å². The molecule has 2 fully saturated rings. The molecule has 1 saturated carbocycles. The number of aromatic nitrogens is 2. The van der Waals surface area contributed by atoms with Crippen LogP contribution in [0.2, 0.25) is 0 Å². The summed E-state index contributed by atoms with van der Waals surface area (Å²) in [5.74, 6) is 0.280. The van der Waals surface area contributed by atoms with Crippen molar-refractivity contribution in [2.24, 2.45) is 5.73 Å². The molecule has 1 unspecified atom stereocenters. The summed E-state index contributed by atoms with van der Waals surface area (Å²) in [4.78, 5) is 33.6. The van der Waals surface area contributed by atoms with E-state index in [1.165, 1.54) is 24.0 Å². The van der Waals surface area contributed by atoms with Crippen molar-refractivity contribution >= 4 is 24.3 Å². The average Bonchev–Trinajstić information content (AvgIpc) is 2.89. The summed E-state index contributed by atoms with van der Waals surface area (Å²) in [6.07, 6.45) is 9.51. The molecule has 1 aromatic heterocycles. The Morgan fingerprint density at radius 1 is 1.08 bits per heavy atom. The Kier molecular flexibility index (Phi) is 8.66. The Morgan fingerprint density at radius 3 is 2.56 bits per heavy atom. The van der Waals surface area contributed by atoms with Gasteiger partial charge in [0.05, 0.1) is 5.69 Å². The van der Waals surface area contributed by atoms with E-state index in [0.717, 1.165) is 50.9 Å². The van der Waals surface area contributed by atoms with Gasteiger partial charge >= 0.3 is 11.7 Å². The quantitative estimate of drug-likeness (QED) is 0.576. The third-order valence-corrected chi connectivity index (χ3v) is 8.01. The molecule has 196 valence electrons. The second-order valence-corrected chi connectivity index (χ2v) is 10.2. The van der Waals surface area contributed by atoms with E-state index in [1.807, 2.05) is 6.07 Å². The van der Waals surface area contributed by atoms with Gasteiger partial charge < -0.3 is 20.9 Å². The van der Waals surface area contributed by atoms with Crippen LogP contribution in [0.15, 0.2) is 35.3 Å². The van der Waals surface area contributed by atoms with Crippen LogP contribution in [-0.2, 0) is 12.8 Å². The van der Waals surface area contributed by atoms with Gasteiger partial charge in [0.1, 0.15) is 5.82 Å². The maximum Gasteiger partial charge on any atom is 0.354 e. The van der Waals surface area contributed by atoms with Gasteiger partial charge in [-0.25, -0.2) is 9.59 Å². The van der Waals surface area contributed by atoms with Crippen molar-refractivity contribution in [3.63, 3.8) is 0 Å². The SMILES string of the molecule is CN(C1CCC(N)CC1)C1CCc2cc(-n3ccc(NC(=O)N4CCNCC4)nc3=O)ccc2C1.Cl. The summed E-state index contributed by atoms with van der Waals surface area (Å²) in [5, 5.41) is 5.97. The molecule has 1 saturated heterocycles. The summed E-state index contributed by atoms with van der Waals surface area (Å²) in [5.41, 5.74) is 9.19. The Labute approximate surface area is 218 Å². The van der Waals surface area contributed by atoms with Crippen molar-refractivity contribution in [1.29, 1.82) is 0 Å². The van der Waals surface area contributed by atoms with Crippen molar-refractivity contribution < 1.29 is 4.79 Å². The molecule has 5 rings (SSSR count). The summed E-state index contributed by atoms with van der Waals surface area (Å²) in [7, 11) is 2.28. The number of anilines is 1. The minimum absolute atomic E-state index is 0. The van der Waals surface area contributed by atoms with Crippen LogP contribution >= 0.6 is 12.4 Å². The number of nitrogens with one attached hydrogen (secondary N) is 2. The summed E-state index contributed by atoms with van der Waals surface area (Å²) in [6, 6.07) is 9.30. The van der Waals surface area contributed by atoms with E-state index in [1.54, 1.807) is 21.7 Å². The predicted molar refractivity (Wildman–Crippen MR) is 144 cm³/mol. The number of benzene rings is 1. The van der Waals surface area contributed by atoms with E-state index in [2.05, 4.69) is 39.7 Å². The molecule has 10 heteroatoms. The zero-order valence-corrected chi connectivity index (χ0v) is 21.8. The molecular formula is C26H38ClN7O2. The Balaban J connectivity index is 0.00000304. The number of amides is 2. The van der Waals surface area contributed by atoms with Gasteiger partial charge in [0.25, 0.3) is 0 Å². The van der Waals surface area contributed by atoms with Crippen LogP contribution in [0.1, 0.15) is 43.2 Å². The maximum atomic E-state index is 12.8. The Morgan fingerprint density at radius 2 is 1.83 bits per heavy atom. The molecule has 2 heterocycles. The molecule has 9 nitrogen and oxygen atoms in total. The molecule has 0 bridgehead atoms. The maximum absolute atomic E-state index is 12.8. The first kappa shape index (κ1) is 26.6. The first-order valence-corrected chi connectivity index (χ1v) is 12.9. The van der Waals surface area contributed by atoms with Crippen LogP contribution in [-0.4, -0.2) is 76.7 Å². The zero-order chi connectivity index (χ0) is 24.4. The molecule has 4 N–H and O–H groups in total. The van der Waals surface area contributed by atoms with Gasteiger partial charge in [-0.3, -0.25) is 9.88 Å². The fourth-order valence-corrected chi connectivity index (χ4v) is 5.75. The van der Waals surface area contributed by atoms with Crippen molar-refractivity contribution in [2.45, 2.75) is 63.1 Å². The number of piperazine rings is 1. The first-order chi connectivity index (χ1) is 17.0. The molecule has 2 amide bonds. The molecule has 1 atom stereocenters. The van der Waals surface area contributed by atoms with Crippen molar-refractivity contribution in [3.05, 3.63) is 52.1 Å². The largest absolute Gasteiger partial charge is 0.354 e. The van der Waals surface area contributed by atoms with E-state index in [-0.39, 0.29) is 24.3 Å². The Hall–Kier alpha value is -2.46. The molecule has 36 heavy (non-hydrogen) atoms. The number of urea groups is 1. The van der Waals surface area contributed by atoms with Crippen LogP contribution < -0.4 is 22.1 Å². The number of hydrogen-bond donors (Lipinski definition) is 3. The van der Waals surface area contributed by atoms with E-state index >= 15 is 0 Å². The van der Waals surface area contributed by atoms with Gasteiger partial charge in [0, 0.05) is 50.5 Å². The molecule has 0 radical (unpaired) electrons. The standard InChI is InChI=1S/C26H37N7O2.ClH/c1-31(21-8-4-20(27)5-9-21)22-6-2-19-17-23(7-3-18(19)16-22)33-13-10-24(30-26(33)35)29-25(34)32-14-11-28-12-15-32;/h3,7,10,13,17,20-22,28H,2,4-6,8-9,11-12,14-16,27H2,1H3,(H,29,30,34,35);1H. The summed E-state index contributed by atoms with van der Waals surface area (Å²) >= 11 is 0. The van der Waals surface area contributed by atoms with Crippen LogP contribution in [0.4, 0.5) is 10.6 Å². The topological polar surface area (TPSA) is 109 Å². The highest BCUT2D eigenvalue weighted by Gasteiger charge is 2.29. The van der Waals surface area contributed by atoms with E-state index < -0.39 is 5.69 Å². The number of rotatable bonds is 4. The van der Waals surface area contributed by atoms with Gasteiger partial charge in [-0.1, -0.05) is 6.07 Å². The fourth-order valence-electron chi connectivity index (χ4n) is 5.75. The number of nitrogens with two attached hydrogens (primary N) is 1. The van der Waals surface area contributed by atoms with Crippen LogP contribution in [0.5, 0.6) is 0 Å². The normalized spacial score (nSPS) is 24.1. The minimum Gasteiger partial charge on any atom is -0.328 e. The number of carbonyl (C=O) groups excluding carboxylic acids is 1. The highest BCUT2D eigenvalue weighted by molar-refractivity contribution is 5.88. The number of aryl methyl sites for hydroxylation is 1. The Bertz CT molecular complexity index is 1110. The minimum atomic E-state index is -0.396. The van der Waals surface area contributed by atoms with Crippen LogP contribution in [0.25, 0.3) is 5.69 Å². The number of likely N-dealkylation sites (N-methyl/N-ethyl adjacent to an activating group) is 1. The highest BCUT2D eigenvalue weighted by Crippen LogP contribution is 2.30. The number of fused-ring (bicyclic) bond motifs is 1. The van der Waals surface area contributed by atoms with E-state index in [9.17, 15) is 9.59 Å². The molecule has 1 aliphatic heterocycles. The monoisotopic (exact) mass is 515 g/mol. The van der Waals surface area contributed by atoms with Gasteiger partial charge in [0.2, 0.25) is 0 Å². The van der Waals surface area contributed by atoms with Crippen LogP contribution in [0, 0.1) is 0 Å². The molecule has 2 aromatic rings. The van der Waals surface area contributed by atoms with Crippen molar-refractivity contribution in [2.75, 3.05) is 38.5 Å². The average molecular weight is 516 g/mol. The summed E-state index contributed by atoms with van der Waals surface area (Å²) < 4.78 is 1.55. The van der Waals surface area contributed by atoms with E-state index in [4.69, 9.17) is 5.73 Å². The zero-order valence-electron chi connectivity index (χ0n) is 21.0. The number of carbonyl (C=O) groups is 1. The van der Waals surface area contributed by atoms with Crippen LogP contribution in [0.3, 0.4) is 0 Å². The molecule has 2 aliphatic carbocycles. The lowest BCUT2D eigenvalue weighted by Crippen LogP contribution is -2.48. The second kappa shape index (κ2) is 11.7. The summed E-state index contributed by atoms with van der Waals surface area (Å²) in [6.45, 7) is 2.83.